The Balaban J connectivity index is 2.49. The van der Waals surface area contributed by atoms with Gasteiger partial charge in [-0.15, -0.1) is 0 Å². The van der Waals surface area contributed by atoms with Gasteiger partial charge in [0.05, 0.1) is 0 Å². The van der Waals surface area contributed by atoms with E-state index in [-0.39, 0.29) is 0 Å². The molecule has 4 heteroatoms. The number of rotatable bonds is 3. The normalized spacial score (nSPS) is 9.80. The molecule has 0 bridgehead atoms. The van der Waals surface area contributed by atoms with Crippen molar-refractivity contribution in [3.8, 4) is 5.75 Å². The largest absolute Gasteiger partial charge is 0.487 e. The van der Waals surface area contributed by atoms with Crippen LogP contribution in [0.3, 0.4) is 0 Å². The van der Waals surface area contributed by atoms with Gasteiger partial charge in [0.25, 0.3) is 0 Å². The first-order chi connectivity index (χ1) is 4.84. The van der Waals surface area contributed by atoms with Gasteiger partial charge in [-0.25, -0.2) is 0 Å². The molecule has 0 fully saturated rings. The molecular formula is C6H10N2O2. The molecule has 0 aliphatic carbocycles. The maximum absolute atomic E-state index is 5.22. The average Bonchev–Trinajstić information content (AvgIpc) is 2.31. The summed E-state index contributed by atoms with van der Waals surface area (Å²) in [6.45, 7) is 2.80. The Morgan fingerprint density at radius 3 is 3.10 bits per heavy atom. The fourth-order valence-electron chi connectivity index (χ4n) is 0.597. The highest BCUT2D eigenvalue weighted by atomic mass is 16.5. The van der Waals surface area contributed by atoms with E-state index in [2.05, 4.69) is 5.16 Å². The molecule has 2 N–H and O–H groups in total. The second kappa shape index (κ2) is 3.22. The lowest BCUT2D eigenvalue weighted by atomic mass is 10.5. The summed E-state index contributed by atoms with van der Waals surface area (Å²) in [5, 5.41) is 3.53. The lowest BCUT2D eigenvalue weighted by Gasteiger charge is -1.98. The van der Waals surface area contributed by atoms with Crippen molar-refractivity contribution >= 4 is 0 Å². The van der Waals surface area contributed by atoms with Gasteiger partial charge in [0, 0.05) is 13.5 Å². The predicted molar refractivity (Wildman–Crippen MR) is 35.8 cm³/mol. The SMILES string of the molecule is Cc1oncc1OCCN. The van der Waals surface area contributed by atoms with Gasteiger partial charge in [-0.05, 0) is 0 Å². The fraction of sp³-hybridized carbons (Fsp3) is 0.500. The van der Waals surface area contributed by atoms with Crippen LogP contribution in [0.15, 0.2) is 10.7 Å². The van der Waals surface area contributed by atoms with Crippen LogP contribution in [0.4, 0.5) is 0 Å². The first-order valence-corrected chi connectivity index (χ1v) is 3.08. The Kier molecular flexibility index (Phi) is 2.28. The van der Waals surface area contributed by atoms with E-state index < -0.39 is 0 Å². The molecule has 1 rings (SSSR count). The van der Waals surface area contributed by atoms with Crippen LogP contribution >= 0.6 is 0 Å². The number of nitrogens with two attached hydrogens (primary N) is 1. The monoisotopic (exact) mass is 142 g/mol. The molecule has 0 aromatic carbocycles. The second-order valence-corrected chi connectivity index (χ2v) is 1.88. The lowest BCUT2D eigenvalue weighted by molar-refractivity contribution is 0.315. The van der Waals surface area contributed by atoms with Crippen LogP contribution in [0.5, 0.6) is 5.75 Å². The third-order valence-electron chi connectivity index (χ3n) is 1.08. The minimum atomic E-state index is 0.502. The van der Waals surface area contributed by atoms with Crippen molar-refractivity contribution < 1.29 is 9.26 Å². The van der Waals surface area contributed by atoms with Crippen molar-refractivity contribution in [2.75, 3.05) is 13.2 Å². The Labute approximate surface area is 58.9 Å². The zero-order valence-electron chi connectivity index (χ0n) is 5.83. The maximum Gasteiger partial charge on any atom is 0.181 e. The molecule has 1 aromatic rings. The Morgan fingerprint density at radius 1 is 1.80 bits per heavy atom. The van der Waals surface area contributed by atoms with Crippen molar-refractivity contribution in [3.63, 3.8) is 0 Å². The molecule has 56 valence electrons. The third kappa shape index (κ3) is 1.48. The van der Waals surface area contributed by atoms with E-state index in [0.717, 1.165) is 0 Å². The zero-order valence-corrected chi connectivity index (χ0v) is 5.83. The molecule has 1 heterocycles. The minimum absolute atomic E-state index is 0.502. The molecule has 10 heavy (non-hydrogen) atoms. The van der Waals surface area contributed by atoms with Crippen LogP contribution < -0.4 is 10.5 Å². The number of aryl methyl sites for hydroxylation is 1. The van der Waals surface area contributed by atoms with Crippen LogP contribution in [0.2, 0.25) is 0 Å². The Hall–Kier alpha value is -1.03. The molecule has 0 spiro atoms. The molecular weight excluding hydrogens is 132 g/mol. The smallest absolute Gasteiger partial charge is 0.181 e. The number of ether oxygens (including phenoxy) is 1. The number of hydrogen-bond acceptors (Lipinski definition) is 4. The van der Waals surface area contributed by atoms with Crippen molar-refractivity contribution in [2.45, 2.75) is 6.92 Å². The predicted octanol–water partition coefficient (Wildman–Crippen LogP) is 0.321. The molecule has 0 amide bonds. The quantitative estimate of drug-likeness (QED) is 0.660. The van der Waals surface area contributed by atoms with Crippen LogP contribution in [-0.2, 0) is 0 Å². The molecule has 0 unspecified atom stereocenters. The van der Waals surface area contributed by atoms with Crippen LogP contribution in [-0.4, -0.2) is 18.3 Å². The molecule has 0 saturated heterocycles. The second-order valence-electron chi connectivity index (χ2n) is 1.88. The summed E-state index contributed by atoms with van der Waals surface area (Å²) >= 11 is 0. The summed E-state index contributed by atoms with van der Waals surface area (Å²) in [4.78, 5) is 0. The zero-order chi connectivity index (χ0) is 7.40. The van der Waals surface area contributed by atoms with Crippen molar-refractivity contribution in [2.24, 2.45) is 5.73 Å². The van der Waals surface area contributed by atoms with E-state index in [1.807, 2.05) is 0 Å². The molecule has 0 radical (unpaired) electrons. The van der Waals surface area contributed by atoms with Crippen molar-refractivity contribution in [1.82, 2.24) is 5.16 Å². The van der Waals surface area contributed by atoms with Gasteiger partial charge < -0.3 is 15.0 Å². The standard InChI is InChI=1S/C6H10N2O2/c1-5-6(4-8-10-5)9-3-2-7/h4H,2-3,7H2,1H3. The van der Waals surface area contributed by atoms with Gasteiger partial charge in [0.1, 0.15) is 12.8 Å². The highest BCUT2D eigenvalue weighted by Crippen LogP contribution is 2.14. The summed E-state index contributed by atoms with van der Waals surface area (Å²) in [5.74, 6) is 1.36. The van der Waals surface area contributed by atoms with Gasteiger partial charge in [-0.2, -0.15) is 0 Å². The first-order valence-electron chi connectivity index (χ1n) is 3.08. The number of aromatic nitrogens is 1. The Bertz CT molecular complexity index is 197. The van der Waals surface area contributed by atoms with Crippen LogP contribution in [0.1, 0.15) is 5.76 Å². The Morgan fingerprint density at radius 2 is 2.60 bits per heavy atom. The molecule has 0 atom stereocenters. The summed E-state index contributed by atoms with van der Waals surface area (Å²) in [7, 11) is 0. The minimum Gasteiger partial charge on any atom is -0.487 e. The highest BCUT2D eigenvalue weighted by molar-refractivity contribution is 5.18. The topological polar surface area (TPSA) is 61.3 Å². The number of hydrogen-bond donors (Lipinski definition) is 1. The molecule has 1 aromatic heterocycles. The van der Waals surface area contributed by atoms with E-state index in [4.69, 9.17) is 15.0 Å². The van der Waals surface area contributed by atoms with Crippen LogP contribution in [0, 0.1) is 6.92 Å². The molecule has 4 nitrogen and oxygen atoms in total. The van der Waals surface area contributed by atoms with Gasteiger partial charge in [0.15, 0.2) is 11.5 Å². The van der Waals surface area contributed by atoms with E-state index in [0.29, 0.717) is 24.7 Å². The summed E-state index contributed by atoms with van der Waals surface area (Å²) < 4.78 is 9.89. The average molecular weight is 142 g/mol. The number of nitrogens with zero attached hydrogens (tertiary/aromatic N) is 1. The van der Waals surface area contributed by atoms with Crippen molar-refractivity contribution in [1.29, 1.82) is 0 Å². The van der Waals surface area contributed by atoms with E-state index in [9.17, 15) is 0 Å². The highest BCUT2D eigenvalue weighted by Gasteiger charge is 2.01. The fourth-order valence-corrected chi connectivity index (χ4v) is 0.597. The van der Waals surface area contributed by atoms with Crippen molar-refractivity contribution in [3.05, 3.63) is 12.0 Å². The molecule has 0 aliphatic heterocycles. The van der Waals surface area contributed by atoms with E-state index in [1.165, 1.54) is 6.20 Å². The van der Waals surface area contributed by atoms with Gasteiger partial charge >= 0.3 is 0 Å². The molecule has 0 saturated carbocycles. The van der Waals surface area contributed by atoms with Crippen LogP contribution in [0.25, 0.3) is 0 Å². The van der Waals surface area contributed by atoms with Gasteiger partial charge in [-0.3, -0.25) is 0 Å². The van der Waals surface area contributed by atoms with E-state index in [1.54, 1.807) is 6.92 Å². The third-order valence-corrected chi connectivity index (χ3v) is 1.08. The van der Waals surface area contributed by atoms with Gasteiger partial charge in [0.2, 0.25) is 0 Å². The summed E-state index contributed by atoms with van der Waals surface area (Å²) in [6.07, 6.45) is 1.53. The summed E-state index contributed by atoms with van der Waals surface area (Å²) in [5.41, 5.74) is 5.22. The van der Waals surface area contributed by atoms with Gasteiger partial charge in [-0.1, -0.05) is 5.16 Å². The summed E-state index contributed by atoms with van der Waals surface area (Å²) in [6, 6.07) is 0. The lowest BCUT2D eigenvalue weighted by Crippen LogP contribution is -2.10. The molecule has 0 aliphatic rings. The maximum atomic E-state index is 5.22. The van der Waals surface area contributed by atoms with E-state index >= 15 is 0 Å². The first kappa shape index (κ1) is 7.08.